The number of aryl methyl sites for hydroxylation is 1. The van der Waals surface area contributed by atoms with Crippen molar-refractivity contribution in [2.75, 3.05) is 20.2 Å². The second-order valence-electron chi connectivity index (χ2n) is 7.50. The monoisotopic (exact) mass is 408 g/mol. The number of hydrogen-bond acceptors (Lipinski definition) is 3. The van der Waals surface area contributed by atoms with Crippen molar-refractivity contribution >= 4 is 11.9 Å². The van der Waals surface area contributed by atoms with Gasteiger partial charge in [-0.15, -0.1) is 0 Å². The van der Waals surface area contributed by atoms with Gasteiger partial charge < -0.3 is 20.7 Å². The van der Waals surface area contributed by atoms with E-state index < -0.39 is 0 Å². The van der Waals surface area contributed by atoms with E-state index in [0.29, 0.717) is 11.8 Å². The summed E-state index contributed by atoms with van der Waals surface area (Å²) in [6.07, 6.45) is 4.06. The molecule has 1 fully saturated rings. The molecule has 0 unspecified atom stereocenters. The Hall–Kier alpha value is -3.02. The Morgan fingerprint density at radius 1 is 1.07 bits per heavy atom. The Morgan fingerprint density at radius 3 is 2.47 bits per heavy atom. The van der Waals surface area contributed by atoms with E-state index in [0.717, 1.165) is 44.7 Å². The van der Waals surface area contributed by atoms with Crippen LogP contribution in [-0.2, 0) is 24.2 Å². The van der Waals surface area contributed by atoms with Gasteiger partial charge in [-0.2, -0.15) is 0 Å². The molecule has 0 radical (unpaired) electrons. The number of ether oxygens (including phenoxy) is 1. The molecule has 2 aromatic rings. The lowest BCUT2D eigenvalue weighted by Crippen LogP contribution is -2.38. The molecule has 0 atom stereocenters. The third-order valence-electron chi connectivity index (χ3n) is 5.11. The molecule has 2 aromatic carbocycles. The summed E-state index contributed by atoms with van der Waals surface area (Å²) in [6, 6.07) is 16.7. The number of nitrogens with one attached hydrogen (secondary N) is 3. The minimum absolute atomic E-state index is 0.0498. The number of nitrogens with zero attached hydrogens (tertiary/aromatic N) is 1. The molecule has 3 rings (SSSR count). The fourth-order valence-corrected chi connectivity index (χ4v) is 3.20. The van der Waals surface area contributed by atoms with Crippen LogP contribution in [0, 0.1) is 0 Å². The molecule has 30 heavy (non-hydrogen) atoms. The quantitative estimate of drug-likeness (QED) is 0.417. The molecule has 160 valence electrons. The summed E-state index contributed by atoms with van der Waals surface area (Å²) in [6.45, 7) is 3.77. The lowest BCUT2D eigenvalue weighted by Gasteiger charge is -2.14. The maximum Gasteiger partial charge on any atom is 0.258 e. The molecule has 6 nitrogen and oxygen atoms in total. The van der Waals surface area contributed by atoms with Gasteiger partial charge in [-0.3, -0.25) is 9.79 Å². The minimum Gasteiger partial charge on any atom is -0.484 e. The zero-order valence-electron chi connectivity index (χ0n) is 17.9. The van der Waals surface area contributed by atoms with Gasteiger partial charge in [-0.25, -0.2) is 0 Å². The number of guanidine groups is 1. The first-order chi connectivity index (χ1) is 14.7. The smallest absolute Gasteiger partial charge is 0.258 e. The van der Waals surface area contributed by atoms with Crippen LogP contribution in [0.4, 0.5) is 0 Å². The van der Waals surface area contributed by atoms with Crippen LogP contribution in [0.25, 0.3) is 0 Å². The number of benzene rings is 2. The van der Waals surface area contributed by atoms with E-state index in [2.05, 4.69) is 52.1 Å². The third kappa shape index (κ3) is 7.10. The van der Waals surface area contributed by atoms with E-state index >= 15 is 0 Å². The number of aliphatic imine (C=N–C) groups is 1. The maximum atomic E-state index is 11.7. The van der Waals surface area contributed by atoms with Crippen LogP contribution in [0.2, 0.25) is 0 Å². The van der Waals surface area contributed by atoms with Gasteiger partial charge in [0.05, 0.1) is 0 Å². The van der Waals surface area contributed by atoms with Gasteiger partial charge in [0.1, 0.15) is 5.75 Å². The average molecular weight is 409 g/mol. The van der Waals surface area contributed by atoms with Crippen molar-refractivity contribution in [3.05, 3.63) is 65.2 Å². The highest BCUT2D eigenvalue weighted by molar-refractivity contribution is 5.79. The predicted molar refractivity (Wildman–Crippen MR) is 121 cm³/mol. The largest absolute Gasteiger partial charge is 0.484 e. The summed E-state index contributed by atoms with van der Waals surface area (Å²) in [7, 11) is 1.78. The molecule has 1 aliphatic carbocycles. The average Bonchev–Trinajstić information content (AvgIpc) is 3.59. The summed E-state index contributed by atoms with van der Waals surface area (Å²) >= 11 is 0. The maximum absolute atomic E-state index is 11.7. The molecule has 0 saturated heterocycles. The highest BCUT2D eigenvalue weighted by Gasteiger charge is 2.23. The molecular formula is C24H32N4O2. The normalized spacial score (nSPS) is 13.6. The number of rotatable bonds is 10. The summed E-state index contributed by atoms with van der Waals surface area (Å²) in [5.74, 6) is 1.46. The van der Waals surface area contributed by atoms with E-state index in [1.54, 1.807) is 7.05 Å². The predicted octanol–water partition coefficient (Wildman–Crippen LogP) is 2.81. The van der Waals surface area contributed by atoms with Crippen molar-refractivity contribution in [1.82, 2.24) is 16.0 Å². The summed E-state index contributed by atoms with van der Waals surface area (Å²) in [5, 5.41) is 9.66. The topological polar surface area (TPSA) is 74.8 Å². The van der Waals surface area contributed by atoms with Crippen LogP contribution >= 0.6 is 0 Å². The van der Waals surface area contributed by atoms with Gasteiger partial charge >= 0.3 is 0 Å². The van der Waals surface area contributed by atoms with Gasteiger partial charge in [0.25, 0.3) is 5.91 Å². The molecule has 0 bridgehead atoms. The Labute approximate surface area is 179 Å². The van der Waals surface area contributed by atoms with Crippen LogP contribution in [0.3, 0.4) is 0 Å². The second kappa shape index (κ2) is 11.2. The van der Waals surface area contributed by atoms with Gasteiger partial charge in [-0.05, 0) is 54.5 Å². The Kier molecular flexibility index (Phi) is 8.12. The molecule has 0 aliphatic heterocycles. The van der Waals surface area contributed by atoms with Gasteiger partial charge in [0, 0.05) is 26.2 Å². The van der Waals surface area contributed by atoms with Crippen molar-refractivity contribution in [3.63, 3.8) is 0 Å². The number of carbonyl (C=O) groups excluding carboxylic acids is 1. The first-order valence-corrected chi connectivity index (χ1v) is 10.7. The van der Waals surface area contributed by atoms with Crippen molar-refractivity contribution < 1.29 is 9.53 Å². The van der Waals surface area contributed by atoms with E-state index in [9.17, 15) is 4.79 Å². The first-order valence-electron chi connectivity index (χ1n) is 10.7. The SMILES string of the molecule is CCc1ccccc1CNC(=NC)NCCc1ccc(OCC(=O)NC2CC2)cc1. The van der Waals surface area contributed by atoms with Crippen LogP contribution in [-0.4, -0.2) is 38.1 Å². The van der Waals surface area contributed by atoms with E-state index in [1.165, 1.54) is 16.7 Å². The molecule has 0 heterocycles. The third-order valence-corrected chi connectivity index (χ3v) is 5.11. The molecule has 1 aliphatic rings. The van der Waals surface area contributed by atoms with Crippen molar-refractivity contribution in [3.8, 4) is 5.75 Å². The lowest BCUT2D eigenvalue weighted by molar-refractivity contribution is -0.123. The van der Waals surface area contributed by atoms with Crippen molar-refractivity contribution in [2.45, 2.75) is 45.2 Å². The zero-order chi connectivity index (χ0) is 21.2. The van der Waals surface area contributed by atoms with E-state index in [1.807, 2.05) is 24.3 Å². The van der Waals surface area contributed by atoms with Crippen LogP contribution in [0.5, 0.6) is 5.75 Å². The van der Waals surface area contributed by atoms with Gasteiger partial charge in [0.2, 0.25) is 0 Å². The van der Waals surface area contributed by atoms with Crippen molar-refractivity contribution in [1.29, 1.82) is 0 Å². The number of carbonyl (C=O) groups is 1. The van der Waals surface area contributed by atoms with Crippen LogP contribution in [0.1, 0.15) is 36.5 Å². The van der Waals surface area contributed by atoms with Crippen LogP contribution in [0.15, 0.2) is 53.5 Å². The molecule has 3 N–H and O–H groups in total. The molecular weight excluding hydrogens is 376 g/mol. The molecule has 0 aromatic heterocycles. The van der Waals surface area contributed by atoms with Gasteiger partial charge in [0.15, 0.2) is 12.6 Å². The summed E-state index contributed by atoms with van der Waals surface area (Å²) in [4.78, 5) is 16.0. The number of hydrogen-bond donors (Lipinski definition) is 3. The zero-order valence-corrected chi connectivity index (χ0v) is 17.9. The van der Waals surface area contributed by atoms with E-state index in [4.69, 9.17) is 4.74 Å². The molecule has 1 amide bonds. The fraction of sp³-hybridized carbons (Fsp3) is 0.417. The Morgan fingerprint density at radius 2 is 1.80 bits per heavy atom. The Bertz CT molecular complexity index is 845. The fourth-order valence-electron chi connectivity index (χ4n) is 3.20. The first kappa shape index (κ1) is 21.7. The Balaban J connectivity index is 1.37. The van der Waals surface area contributed by atoms with Crippen LogP contribution < -0.4 is 20.7 Å². The number of amides is 1. The van der Waals surface area contributed by atoms with Gasteiger partial charge in [-0.1, -0.05) is 43.3 Å². The summed E-state index contributed by atoms with van der Waals surface area (Å²) in [5.41, 5.74) is 3.85. The standard InChI is InChI=1S/C24H32N4O2/c1-3-19-6-4-5-7-20(19)16-27-24(25-2)26-15-14-18-8-12-22(13-9-18)30-17-23(29)28-21-10-11-21/h4-9,12-13,21H,3,10-11,14-17H2,1-2H3,(H,28,29)(H2,25,26,27). The highest BCUT2D eigenvalue weighted by Crippen LogP contribution is 2.18. The lowest BCUT2D eigenvalue weighted by atomic mass is 10.1. The molecule has 0 spiro atoms. The highest BCUT2D eigenvalue weighted by atomic mass is 16.5. The van der Waals surface area contributed by atoms with Crippen molar-refractivity contribution in [2.24, 2.45) is 4.99 Å². The molecule has 1 saturated carbocycles. The second-order valence-corrected chi connectivity index (χ2v) is 7.50. The summed E-state index contributed by atoms with van der Waals surface area (Å²) < 4.78 is 5.55. The molecule has 6 heteroatoms. The minimum atomic E-state index is -0.0498. The van der Waals surface area contributed by atoms with E-state index in [-0.39, 0.29) is 12.5 Å².